The van der Waals surface area contributed by atoms with Gasteiger partial charge >= 0.3 is 0 Å². The Bertz CT molecular complexity index is 2400. The number of rotatable bonds is 6. The molecule has 0 atom stereocenters. The lowest BCUT2D eigenvalue weighted by molar-refractivity contribution is -0.445. The summed E-state index contributed by atoms with van der Waals surface area (Å²) in [6, 6.07) is 47.6. The number of benzene rings is 3. The minimum Gasteiger partial charge on any atom is -0.265 e. The third-order valence-electron chi connectivity index (χ3n) is 9.15. The van der Waals surface area contributed by atoms with Crippen LogP contribution in [-0.2, 0) is 0 Å². The zero-order chi connectivity index (χ0) is 67.8. The lowest BCUT2D eigenvalue weighted by atomic mass is 10.0. The van der Waals surface area contributed by atoms with E-state index in [-0.39, 0.29) is 0 Å². The van der Waals surface area contributed by atoms with Crippen LogP contribution in [-0.4, -0.2) is 104 Å². The van der Waals surface area contributed by atoms with Crippen molar-refractivity contribution in [2.24, 2.45) is 0 Å². The third-order valence-corrected chi connectivity index (χ3v) is 9.15. The Morgan fingerprint density at radius 1 is 0.291 bits per heavy atom. The van der Waals surface area contributed by atoms with Gasteiger partial charge in [-0.1, -0.05) is 180 Å². The highest BCUT2D eigenvalue weighted by Crippen LogP contribution is 2.17. The first-order valence-corrected chi connectivity index (χ1v) is 26.6. The molecule has 0 amide bonds. The van der Waals surface area contributed by atoms with Gasteiger partial charge in [0.05, 0.1) is 5.52 Å². The number of pyridine rings is 4. The van der Waals surface area contributed by atoms with Gasteiger partial charge < -0.3 is 0 Å². The van der Waals surface area contributed by atoms with Crippen molar-refractivity contribution in [3.63, 3.8) is 0 Å². The van der Waals surface area contributed by atoms with Crippen LogP contribution >= 0.6 is 0 Å². The molecule has 0 spiro atoms. The number of para-hydroxylation sites is 1. The number of nitro groups is 7. The van der Waals surface area contributed by atoms with Crippen LogP contribution in [0.5, 0.6) is 0 Å². The molecule has 0 N–H and O–H groups in total. The van der Waals surface area contributed by atoms with E-state index in [9.17, 15) is 0 Å². The normalized spacial score (nSPS) is 8.99. The topological polar surface area (TPSA) is 354 Å². The van der Waals surface area contributed by atoms with Crippen molar-refractivity contribution in [3.05, 3.63) is 275 Å². The van der Waals surface area contributed by atoms with Gasteiger partial charge in [-0.3, -0.25) is 90.7 Å². The maximum absolute atomic E-state index is 8.81. The SMILES string of the molecule is CC(C)c1ccc2ccccc2n1.CC(C)c1ccccc1.CC(C)c1ccccc1.CC(C)c1ccccn1.CC(C)c1cccnc1.CC(C)c1ccncc1.C[N+](=O)[O-].C[N+](=O)[O-].C[N+](=O)[O-].C[N+](=O)[O-].C[N+](=O)[O-].C[N+](=O)[O-].C[N+](=O)[O-]. The largest absolute Gasteiger partial charge is 0.265 e. The van der Waals surface area contributed by atoms with Crippen molar-refractivity contribution >= 4 is 10.9 Å². The van der Waals surface area contributed by atoms with Crippen molar-refractivity contribution in [2.45, 2.75) is 119 Å². The standard InChI is InChI=1S/C12H13N.2C9H12.3C8H11N.7CH3NO2/c1-9(2)11-8-7-10-5-3-4-6-12(10)13-11;2*1-8(2)9-6-4-3-5-7-9;1-7(2)8-3-5-9-6-4-8;1-7(2)8-4-3-5-9-6-8;1-7(2)8-5-3-4-6-9-8;7*1-2(3)4/h3-9H,1-2H3;2*3-8H,1-2H3;3*3-7H,1-2H3;7*1H3. The molecule has 25 heteroatoms. The number of hydrogen-bond acceptors (Lipinski definition) is 18. The van der Waals surface area contributed by atoms with Crippen molar-refractivity contribution in [2.75, 3.05) is 49.3 Å². The van der Waals surface area contributed by atoms with E-state index >= 15 is 0 Å². The molecule has 0 fully saturated rings. The first-order chi connectivity index (χ1) is 39.9. The first kappa shape index (κ1) is 87.6. The summed E-state index contributed by atoms with van der Waals surface area (Å²) in [4.78, 5) is 74.8. The maximum Gasteiger partial charge on any atom is 0.194 e. The van der Waals surface area contributed by atoms with Gasteiger partial charge in [0.1, 0.15) is 0 Å². The fourth-order valence-corrected chi connectivity index (χ4v) is 5.26. The molecule has 3 aromatic carbocycles. The van der Waals surface area contributed by atoms with Gasteiger partial charge in [-0.05, 0) is 100 Å². The monoisotopic (exact) mass is 1200 g/mol. The van der Waals surface area contributed by atoms with Crippen molar-refractivity contribution in [1.82, 2.24) is 19.9 Å². The Labute approximate surface area is 506 Å². The van der Waals surface area contributed by atoms with Gasteiger partial charge in [0.25, 0.3) is 0 Å². The zero-order valence-corrected chi connectivity index (χ0v) is 53.3. The lowest BCUT2D eigenvalue weighted by Gasteiger charge is -2.04. The molecular weight excluding hydrogens is 1110 g/mol. The molecule has 7 rings (SSSR count). The average molecular weight is 1200 g/mol. The van der Waals surface area contributed by atoms with Gasteiger partial charge in [-0.15, -0.1) is 0 Å². The number of hydrogen-bond donors (Lipinski definition) is 0. The van der Waals surface area contributed by atoms with Gasteiger partial charge in [0.2, 0.25) is 0 Å². The summed E-state index contributed by atoms with van der Waals surface area (Å²) in [6.07, 6.45) is 9.19. The van der Waals surface area contributed by atoms with Crippen molar-refractivity contribution in [3.8, 4) is 0 Å². The van der Waals surface area contributed by atoms with E-state index in [1.807, 2.05) is 85.5 Å². The highest BCUT2D eigenvalue weighted by atomic mass is 16.6. The summed E-state index contributed by atoms with van der Waals surface area (Å²) < 4.78 is 0. The molecule has 0 aliphatic carbocycles. The molecule has 7 aromatic rings. The minimum absolute atomic E-state index is 0.500. The van der Waals surface area contributed by atoms with Gasteiger partial charge in [0.15, 0.2) is 49.3 Å². The second-order valence-corrected chi connectivity index (χ2v) is 19.1. The van der Waals surface area contributed by atoms with Crippen molar-refractivity contribution < 1.29 is 34.5 Å². The van der Waals surface area contributed by atoms with Crippen LogP contribution in [0.2, 0.25) is 0 Å². The smallest absolute Gasteiger partial charge is 0.194 e. The van der Waals surface area contributed by atoms with Crippen LogP contribution in [0.3, 0.4) is 0 Å². The lowest BCUT2D eigenvalue weighted by Crippen LogP contribution is -1.91. The fourth-order valence-electron chi connectivity index (χ4n) is 5.26. The third kappa shape index (κ3) is 72.3. The second-order valence-electron chi connectivity index (χ2n) is 19.1. The summed E-state index contributed by atoms with van der Waals surface area (Å²) in [6.45, 7) is 26.1. The number of fused-ring (bicyclic) bond motifs is 1. The van der Waals surface area contributed by atoms with Crippen LogP contribution in [0.4, 0.5) is 0 Å². The molecule has 25 nitrogen and oxygen atoms in total. The van der Waals surface area contributed by atoms with Gasteiger partial charge in [-0.2, -0.15) is 0 Å². The molecule has 0 bridgehead atoms. The fraction of sp³-hybridized carbons (Fsp3) is 0.410. The summed E-state index contributed by atoms with van der Waals surface area (Å²) in [7, 11) is 6.22. The van der Waals surface area contributed by atoms with E-state index < -0.39 is 34.5 Å². The summed E-state index contributed by atoms with van der Waals surface area (Å²) in [5.74, 6) is 3.58. The van der Waals surface area contributed by atoms with E-state index in [2.05, 4.69) is 182 Å². The van der Waals surface area contributed by atoms with Crippen molar-refractivity contribution in [1.29, 1.82) is 0 Å². The van der Waals surface area contributed by atoms with E-state index in [0.29, 0.717) is 35.5 Å². The Kier molecular flexibility index (Phi) is 58.2. The Morgan fingerprint density at radius 2 is 0.605 bits per heavy atom. The minimum atomic E-state index is -0.500. The summed E-state index contributed by atoms with van der Waals surface area (Å²) in [5, 5.41) is 62.9. The Hall–Kier alpha value is -9.68. The maximum atomic E-state index is 8.81. The molecule has 0 saturated carbocycles. The van der Waals surface area contributed by atoms with Gasteiger partial charge in [-0.25, -0.2) is 0 Å². The molecule has 0 radical (unpaired) electrons. The molecule has 4 aromatic heterocycles. The molecule has 0 saturated heterocycles. The summed E-state index contributed by atoms with van der Waals surface area (Å²) >= 11 is 0. The van der Waals surface area contributed by atoms with Crippen LogP contribution < -0.4 is 0 Å². The van der Waals surface area contributed by atoms with Crippen LogP contribution in [0, 0.1) is 70.8 Å². The molecule has 0 aliphatic heterocycles. The zero-order valence-electron chi connectivity index (χ0n) is 53.3. The van der Waals surface area contributed by atoms with E-state index in [1.165, 1.54) is 33.3 Å². The second kappa shape index (κ2) is 57.2. The molecule has 86 heavy (non-hydrogen) atoms. The molecule has 0 aliphatic rings. The number of nitrogens with zero attached hydrogens (tertiary/aromatic N) is 11. The predicted octanol–water partition coefficient (Wildman–Crippen LogP) is 14.8. The highest BCUT2D eigenvalue weighted by molar-refractivity contribution is 5.78. The summed E-state index contributed by atoms with van der Waals surface area (Å²) in [5.41, 5.74) is 8.91. The molecular formula is C61H91N11O14. The molecule has 4 heterocycles. The van der Waals surface area contributed by atoms with Crippen LogP contribution in [0.1, 0.15) is 152 Å². The Morgan fingerprint density at radius 3 is 0.860 bits per heavy atom. The Balaban J connectivity index is -0.000000206. The van der Waals surface area contributed by atoms with E-state index in [4.69, 9.17) is 70.8 Å². The number of aromatic nitrogens is 4. The predicted molar refractivity (Wildman–Crippen MR) is 342 cm³/mol. The van der Waals surface area contributed by atoms with E-state index in [1.54, 1.807) is 6.20 Å². The molecule has 474 valence electrons. The molecule has 0 unspecified atom stereocenters. The van der Waals surface area contributed by atoms with E-state index in [0.717, 1.165) is 60.5 Å². The quantitative estimate of drug-likeness (QED) is 0.110. The van der Waals surface area contributed by atoms with Gasteiger partial charge in [0, 0.05) is 82.2 Å². The first-order valence-electron chi connectivity index (χ1n) is 26.6. The van der Waals surface area contributed by atoms with Crippen LogP contribution in [0.25, 0.3) is 10.9 Å². The highest BCUT2D eigenvalue weighted by Gasteiger charge is 2.01. The average Bonchev–Trinajstić information content (AvgIpc) is 3.34. The van der Waals surface area contributed by atoms with Crippen LogP contribution in [0.15, 0.2) is 171 Å².